The molecule has 1 aromatic carbocycles. The van der Waals surface area contributed by atoms with Gasteiger partial charge < -0.3 is 15.4 Å². The van der Waals surface area contributed by atoms with E-state index in [-0.39, 0.29) is 6.09 Å². The predicted octanol–water partition coefficient (Wildman–Crippen LogP) is 3.95. The number of nitrogens with zero attached hydrogens (tertiary/aromatic N) is 1. The molecule has 1 aliphatic heterocycles. The fourth-order valence-corrected chi connectivity index (χ4v) is 2.45. The van der Waals surface area contributed by atoms with Crippen LogP contribution in [0.3, 0.4) is 0 Å². The molecule has 2 N–H and O–H groups in total. The van der Waals surface area contributed by atoms with Crippen molar-refractivity contribution in [3.63, 3.8) is 0 Å². The number of anilines is 1. The van der Waals surface area contributed by atoms with E-state index in [2.05, 4.69) is 0 Å². The van der Waals surface area contributed by atoms with Crippen molar-refractivity contribution in [1.29, 1.82) is 0 Å². The predicted molar refractivity (Wildman–Crippen MR) is 86.3 cm³/mol. The first kappa shape index (κ1) is 15.7. The van der Waals surface area contributed by atoms with Crippen molar-refractivity contribution < 1.29 is 9.53 Å². The highest BCUT2D eigenvalue weighted by Crippen LogP contribution is 2.32. The third-order valence-corrected chi connectivity index (χ3v) is 3.66. The van der Waals surface area contributed by atoms with Crippen LogP contribution in [0.4, 0.5) is 10.5 Å². The average molecular weight is 309 g/mol. The van der Waals surface area contributed by atoms with Crippen LogP contribution in [0.25, 0.3) is 5.57 Å². The minimum Gasteiger partial charge on any atom is -0.444 e. The number of amides is 1. The summed E-state index contributed by atoms with van der Waals surface area (Å²) in [7, 11) is 0. The maximum absolute atomic E-state index is 12.0. The number of hydrogen-bond acceptors (Lipinski definition) is 3. The first-order chi connectivity index (χ1) is 9.78. The smallest absolute Gasteiger partial charge is 0.410 e. The quantitative estimate of drug-likeness (QED) is 0.799. The van der Waals surface area contributed by atoms with E-state index in [9.17, 15) is 4.79 Å². The number of carbonyl (C=O) groups excluding carboxylic acids is 1. The lowest BCUT2D eigenvalue weighted by Crippen LogP contribution is -2.39. The van der Waals surface area contributed by atoms with Gasteiger partial charge in [0.1, 0.15) is 5.60 Å². The van der Waals surface area contributed by atoms with Gasteiger partial charge in [-0.05, 0) is 44.4 Å². The largest absolute Gasteiger partial charge is 0.444 e. The number of nitrogen functional groups attached to an aromatic ring is 1. The zero-order valence-corrected chi connectivity index (χ0v) is 13.4. The van der Waals surface area contributed by atoms with Crippen molar-refractivity contribution in [1.82, 2.24) is 4.90 Å². The molecule has 21 heavy (non-hydrogen) atoms. The molecule has 0 bridgehead atoms. The standard InChI is InChI=1S/C16H21ClN2O2/c1-16(2,3)21-15(20)19-9-7-11(8-10-19)12-5-4-6-13(18)14(12)17/h4-7H,8-10,18H2,1-3H3. The summed E-state index contributed by atoms with van der Waals surface area (Å²) in [6, 6.07) is 5.62. The summed E-state index contributed by atoms with van der Waals surface area (Å²) < 4.78 is 5.37. The molecule has 0 saturated carbocycles. The van der Waals surface area contributed by atoms with Gasteiger partial charge in [0.15, 0.2) is 0 Å². The van der Waals surface area contributed by atoms with E-state index in [0.717, 1.165) is 17.6 Å². The molecule has 5 heteroatoms. The first-order valence-electron chi connectivity index (χ1n) is 6.99. The Hall–Kier alpha value is -1.68. The van der Waals surface area contributed by atoms with Gasteiger partial charge in [-0.1, -0.05) is 29.8 Å². The van der Waals surface area contributed by atoms with Crippen LogP contribution in [0.15, 0.2) is 24.3 Å². The summed E-state index contributed by atoms with van der Waals surface area (Å²) in [5, 5.41) is 0.578. The van der Waals surface area contributed by atoms with E-state index in [4.69, 9.17) is 22.1 Å². The Kier molecular flexibility index (Phi) is 4.47. The molecule has 0 spiro atoms. The van der Waals surface area contributed by atoms with Crippen LogP contribution >= 0.6 is 11.6 Å². The summed E-state index contributed by atoms with van der Waals surface area (Å²) >= 11 is 6.24. The van der Waals surface area contributed by atoms with Gasteiger partial charge in [-0.3, -0.25) is 0 Å². The minimum atomic E-state index is -0.474. The molecule has 0 aliphatic carbocycles. The fourth-order valence-electron chi connectivity index (χ4n) is 2.20. The van der Waals surface area contributed by atoms with Gasteiger partial charge in [-0.15, -0.1) is 0 Å². The molecule has 0 fully saturated rings. The number of rotatable bonds is 1. The van der Waals surface area contributed by atoms with Gasteiger partial charge in [0.2, 0.25) is 0 Å². The van der Waals surface area contributed by atoms with Gasteiger partial charge >= 0.3 is 6.09 Å². The van der Waals surface area contributed by atoms with Crippen molar-refractivity contribution in [2.24, 2.45) is 0 Å². The molecule has 1 heterocycles. The Morgan fingerprint density at radius 2 is 2.10 bits per heavy atom. The number of nitrogens with two attached hydrogens (primary N) is 1. The van der Waals surface area contributed by atoms with Crippen molar-refractivity contribution >= 4 is 29.0 Å². The topological polar surface area (TPSA) is 55.6 Å². The van der Waals surface area contributed by atoms with E-state index in [1.165, 1.54) is 0 Å². The van der Waals surface area contributed by atoms with E-state index >= 15 is 0 Å². The van der Waals surface area contributed by atoms with E-state index in [0.29, 0.717) is 23.8 Å². The van der Waals surface area contributed by atoms with Crippen LogP contribution in [0.1, 0.15) is 32.8 Å². The SMILES string of the molecule is CC(C)(C)OC(=O)N1CC=C(c2cccc(N)c2Cl)CC1. The molecule has 0 aromatic heterocycles. The number of carbonyl (C=O) groups is 1. The maximum atomic E-state index is 12.0. The summed E-state index contributed by atoms with van der Waals surface area (Å²) in [6.07, 6.45) is 2.47. The molecule has 0 radical (unpaired) electrons. The third kappa shape index (κ3) is 3.91. The molecular weight excluding hydrogens is 288 g/mol. The maximum Gasteiger partial charge on any atom is 0.410 e. The number of hydrogen-bond donors (Lipinski definition) is 1. The molecule has 1 aromatic rings. The monoisotopic (exact) mass is 308 g/mol. The van der Waals surface area contributed by atoms with Crippen molar-refractivity contribution in [3.05, 3.63) is 34.9 Å². The Balaban J connectivity index is 2.09. The third-order valence-electron chi connectivity index (χ3n) is 3.24. The molecule has 0 atom stereocenters. The van der Waals surface area contributed by atoms with Crippen LogP contribution in [0, 0.1) is 0 Å². The van der Waals surface area contributed by atoms with Crippen LogP contribution in [0.2, 0.25) is 5.02 Å². The van der Waals surface area contributed by atoms with Crippen LogP contribution in [-0.4, -0.2) is 29.7 Å². The van der Waals surface area contributed by atoms with Crippen molar-refractivity contribution in [2.45, 2.75) is 32.8 Å². The van der Waals surface area contributed by atoms with Crippen LogP contribution < -0.4 is 5.73 Å². The zero-order valence-electron chi connectivity index (χ0n) is 12.6. The first-order valence-corrected chi connectivity index (χ1v) is 7.37. The molecule has 2 rings (SSSR count). The van der Waals surface area contributed by atoms with E-state index in [1.54, 1.807) is 11.0 Å². The van der Waals surface area contributed by atoms with E-state index in [1.807, 2.05) is 39.0 Å². The second kappa shape index (κ2) is 5.98. The lowest BCUT2D eigenvalue weighted by Gasteiger charge is -2.29. The summed E-state index contributed by atoms with van der Waals surface area (Å²) in [4.78, 5) is 13.7. The Morgan fingerprint density at radius 1 is 1.38 bits per heavy atom. The highest BCUT2D eigenvalue weighted by atomic mass is 35.5. The average Bonchev–Trinajstić information content (AvgIpc) is 2.40. The second-order valence-electron chi connectivity index (χ2n) is 6.11. The summed E-state index contributed by atoms with van der Waals surface area (Å²) in [5.74, 6) is 0. The highest BCUT2D eigenvalue weighted by molar-refractivity contribution is 6.34. The van der Waals surface area contributed by atoms with Crippen molar-refractivity contribution in [3.8, 4) is 0 Å². The molecule has 114 valence electrons. The van der Waals surface area contributed by atoms with Gasteiger partial charge in [0, 0.05) is 13.1 Å². The summed E-state index contributed by atoms with van der Waals surface area (Å²) in [6.45, 7) is 6.73. The minimum absolute atomic E-state index is 0.281. The highest BCUT2D eigenvalue weighted by Gasteiger charge is 2.24. The Morgan fingerprint density at radius 3 is 2.67 bits per heavy atom. The Bertz CT molecular complexity index is 576. The molecule has 4 nitrogen and oxygen atoms in total. The number of ether oxygens (including phenoxy) is 1. The van der Waals surface area contributed by atoms with Gasteiger partial charge in [-0.2, -0.15) is 0 Å². The van der Waals surface area contributed by atoms with Gasteiger partial charge in [0.25, 0.3) is 0 Å². The molecular formula is C16H21ClN2O2. The fraction of sp³-hybridized carbons (Fsp3) is 0.438. The summed E-state index contributed by atoms with van der Waals surface area (Å²) in [5.41, 5.74) is 7.99. The van der Waals surface area contributed by atoms with Gasteiger partial charge in [0.05, 0.1) is 10.7 Å². The molecule has 1 amide bonds. The number of halogens is 1. The second-order valence-corrected chi connectivity index (χ2v) is 6.49. The van der Waals surface area contributed by atoms with Crippen molar-refractivity contribution in [2.75, 3.05) is 18.8 Å². The van der Waals surface area contributed by atoms with E-state index < -0.39 is 5.60 Å². The number of benzene rings is 1. The molecule has 0 unspecified atom stereocenters. The van der Waals surface area contributed by atoms with Crippen LogP contribution in [0.5, 0.6) is 0 Å². The normalized spacial score (nSPS) is 15.6. The molecule has 0 saturated heterocycles. The Labute approximate surface area is 130 Å². The lowest BCUT2D eigenvalue weighted by atomic mass is 9.99. The molecule has 1 aliphatic rings. The van der Waals surface area contributed by atoms with Crippen LogP contribution in [-0.2, 0) is 4.74 Å². The van der Waals surface area contributed by atoms with Gasteiger partial charge in [-0.25, -0.2) is 4.79 Å². The zero-order chi connectivity index (χ0) is 15.6. The lowest BCUT2D eigenvalue weighted by molar-refractivity contribution is 0.0270.